The maximum Gasteiger partial charge on any atom is 0.231 e. The zero-order valence-electron chi connectivity index (χ0n) is 18.1. The normalized spacial score (nSPS) is 17.4. The summed E-state index contributed by atoms with van der Waals surface area (Å²) in [7, 11) is 4.59. The minimum atomic E-state index is -0.248. The van der Waals surface area contributed by atoms with Crippen LogP contribution in [-0.2, 0) is 6.54 Å². The molecule has 2 heterocycles. The average Bonchev–Trinajstić information content (AvgIpc) is 3.11. The van der Waals surface area contributed by atoms with E-state index in [-0.39, 0.29) is 17.3 Å². The van der Waals surface area contributed by atoms with Crippen LogP contribution >= 0.6 is 0 Å². The first-order valence-electron chi connectivity index (χ1n) is 10.5. The van der Waals surface area contributed by atoms with Crippen molar-refractivity contribution in [2.75, 3.05) is 34.4 Å². The summed E-state index contributed by atoms with van der Waals surface area (Å²) in [4.78, 5) is 14.4. The molecule has 2 aliphatic heterocycles. The van der Waals surface area contributed by atoms with Crippen molar-refractivity contribution >= 4 is 11.9 Å². The van der Waals surface area contributed by atoms with Gasteiger partial charge in [0.25, 0.3) is 0 Å². The maximum absolute atomic E-state index is 13.0. The lowest BCUT2D eigenvalue weighted by Crippen LogP contribution is -3.11. The van der Waals surface area contributed by atoms with E-state index in [0.29, 0.717) is 46.2 Å². The molecule has 0 aliphatic carbocycles. The molecule has 31 heavy (non-hydrogen) atoms. The molecular weight excluding hydrogens is 398 g/mol. The number of fused-ring (bicyclic) bond motifs is 1. The van der Waals surface area contributed by atoms with Gasteiger partial charge in [-0.15, -0.1) is 0 Å². The van der Waals surface area contributed by atoms with Crippen molar-refractivity contribution in [3.8, 4) is 28.7 Å². The van der Waals surface area contributed by atoms with E-state index in [2.05, 4.69) is 0 Å². The van der Waals surface area contributed by atoms with Gasteiger partial charge in [0.1, 0.15) is 12.3 Å². The lowest BCUT2D eigenvalue weighted by Gasteiger charge is -2.26. The zero-order chi connectivity index (χ0) is 22.0. The third-order valence-corrected chi connectivity index (χ3v) is 5.91. The molecule has 0 unspecified atom stereocenters. The van der Waals surface area contributed by atoms with E-state index in [0.717, 1.165) is 25.9 Å². The second-order valence-corrected chi connectivity index (χ2v) is 7.77. The number of nitrogens with one attached hydrogen (secondary N) is 1. The van der Waals surface area contributed by atoms with E-state index in [1.165, 1.54) is 31.6 Å². The highest BCUT2D eigenvalue weighted by atomic mass is 16.5. The second kappa shape index (κ2) is 8.89. The summed E-state index contributed by atoms with van der Waals surface area (Å²) in [6, 6.07) is 6.53. The van der Waals surface area contributed by atoms with E-state index in [1.54, 1.807) is 31.4 Å². The summed E-state index contributed by atoms with van der Waals surface area (Å²) in [6.07, 6.45) is 5.16. The van der Waals surface area contributed by atoms with Crippen LogP contribution in [0.5, 0.6) is 28.7 Å². The molecule has 0 atom stereocenters. The molecule has 0 radical (unpaired) electrons. The number of quaternary nitrogens is 1. The van der Waals surface area contributed by atoms with E-state index >= 15 is 0 Å². The summed E-state index contributed by atoms with van der Waals surface area (Å²) in [5.41, 5.74) is 1.61. The highest BCUT2D eigenvalue weighted by Gasteiger charge is 2.32. The monoisotopic (exact) mass is 425 g/mol. The topological polar surface area (TPSA) is 81.5 Å². The Balaban J connectivity index is 1.70. The summed E-state index contributed by atoms with van der Waals surface area (Å²) < 4.78 is 22.2. The van der Waals surface area contributed by atoms with Gasteiger partial charge in [-0.1, -0.05) is 11.8 Å². The molecule has 4 rings (SSSR count). The molecule has 0 bridgehead atoms. The quantitative estimate of drug-likeness (QED) is 0.713. The molecule has 164 valence electrons. The van der Waals surface area contributed by atoms with E-state index in [1.807, 2.05) is 0 Å². The highest BCUT2D eigenvalue weighted by Crippen LogP contribution is 2.43. The standard InChI is InChI=1S/C24H27NO6/c1-28-19-10-7-15(22(29-2)24(19)30-3)13-20-21(27)16-8-9-18(26)17(23(16)31-20)14-25-11-5-4-6-12-25/h7-10,13,26H,4-6,11-12,14H2,1-3H3/b20-13-. The SMILES string of the molecule is COc1ccc(/C=C2\Oc3c(ccc([O-])c3C[NH+]3CCCCC3)C2=O)c(OC)c1OC. The Morgan fingerprint density at radius 2 is 1.74 bits per heavy atom. The lowest BCUT2D eigenvalue weighted by atomic mass is 10.0. The first-order valence-corrected chi connectivity index (χ1v) is 10.5. The molecule has 1 fully saturated rings. The number of hydrogen-bond acceptors (Lipinski definition) is 6. The summed E-state index contributed by atoms with van der Waals surface area (Å²) in [5, 5.41) is 12.6. The number of carbonyl (C=O) groups is 1. The number of ether oxygens (including phenoxy) is 4. The van der Waals surface area contributed by atoms with Crippen LogP contribution in [0.25, 0.3) is 6.08 Å². The minimum Gasteiger partial charge on any atom is -0.872 e. The van der Waals surface area contributed by atoms with E-state index in [9.17, 15) is 9.90 Å². The van der Waals surface area contributed by atoms with Crippen molar-refractivity contribution in [1.29, 1.82) is 0 Å². The molecule has 2 aromatic rings. The van der Waals surface area contributed by atoms with Gasteiger partial charge in [-0.05, 0) is 43.5 Å². The van der Waals surface area contributed by atoms with Crippen molar-refractivity contribution in [2.45, 2.75) is 25.8 Å². The number of rotatable bonds is 6. The summed E-state index contributed by atoms with van der Waals surface area (Å²) in [5.74, 6) is 1.59. The number of likely N-dealkylation sites (tertiary alicyclic amines) is 1. The van der Waals surface area contributed by atoms with Gasteiger partial charge in [0.2, 0.25) is 11.5 Å². The Hall–Kier alpha value is -3.19. The highest BCUT2D eigenvalue weighted by molar-refractivity contribution is 6.15. The fourth-order valence-electron chi connectivity index (χ4n) is 4.31. The Morgan fingerprint density at radius 3 is 2.42 bits per heavy atom. The molecule has 7 heteroatoms. The van der Waals surface area contributed by atoms with E-state index < -0.39 is 0 Å². The van der Waals surface area contributed by atoms with Gasteiger partial charge in [0.05, 0.1) is 40.0 Å². The van der Waals surface area contributed by atoms with Gasteiger partial charge in [0, 0.05) is 11.1 Å². The van der Waals surface area contributed by atoms with Gasteiger partial charge in [-0.25, -0.2) is 0 Å². The predicted octanol–water partition coefficient (Wildman–Crippen LogP) is 1.97. The first-order chi connectivity index (χ1) is 15.1. The minimum absolute atomic E-state index is 0.0884. The Bertz CT molecular complexity index is 1020. The van der Waals surface area contributed by atoms with Crippen LogP contribution in [0.3, 0.4) is 0 Å². The number of benzene rings is 2. The van der Waals surface area contributed by atoms with Crippen LogP contribution in [0.2, 0.25) is 0 Å². The number of ketones is 1. The number of Topliss-reactive ketones (excluding diaryl/α,β-unsaturated/α-hetero) is 1. The summed E-state index contributed by atoms with van der Waals surface area (Å²) in [6.45, 7) is 2.63. The fourth-order valence-corrected chi connectivity index (χ4v) is 4.31. The van der Waals surface area contributed by atoms with Crippen LogP contribution in [-0.4, -0.2) is 40.2 Å². The maximum atomic E-state index is 13.0. The predicted molar refractivity (Wildman–Crippen MR) is 113 cm³/mol. The van der Waals surface area contributed by atoms with Gasteiger partial charge in [0.15, 0.2) is 17.3 Å². The fraction of sp³-hybridized carbons (Fsp3) is 0.375. The number of allylic oxidation sites excluding steroid dienone is 1. The summed E-state index contributed by atoms with van der Waals surface area (Å²) >= 11 is 0. The number of hydrogen-bond donors (Lipinski definition) is 1. The number of methoxy groups -OCH3 is 3. The van der Waals surface area contributed by atoms with Crippen molar-refractivity contribution in [2.24, 2.45) is 0 Å². The largest absolute Gasteiger partial charge is 0.872 e. The smallest absolute Gasteiger partial charge is 0.231 e. The van der Waals surface area contributed by atoms with Crippen molar-refractivity contribution in [3.63, 3.8) is 0 Å². The van der Waals surface area contributed by atoms with E-state index in [4.69, 9.17) is 18.9 Å². The zero-order valence-corrected chi connectivity index (χ0v) is 18.1. The van der Waals surface area contributed by atoms with Gasteiger partial charge in [-0.2, -0.15) is 0 Å². The van der Waals surface area contributed by atoms with Crippen molar-refractivity contribution < 1.29 is 33.7 Å². The van der Waals surface area contributed by atoms with Gasteiger partial charge in [-0.3, -0.25) is 4.79 Å². The third-order valence-electron chi connectivity index (χ3n) is 5.91. The first kappa shape index (κ1) is 21.1. The Kier molecular flexibility index (Phi) is 6.04. The third kappa shape index (κ3) is 3.93. The number of piperidine rings is 1. The lowest BCUT2D eigenvalue weighted by molar-refractivity contribution is -0.918. The van der Waals surface area contributed by atoms with Gasteiger partial charge >= 0.3 is 0 Å². The Labute approximate surface area is 181 Å². The Morgan fingerprint density at radius 1 is 1.00 bits per heavy atom. The van der Waals surface area contributed by atoms with Crippen LogP contribution in [0, 0.1) is 0 Å². The second-order valence-electron chi connectivity index (χ2n) is 7.77. The van der Waals surface area contributed by atoms with Crippen LogP contribution < -0.4 is 29.0 Å². The molecule has 7 nitrogen and oxygen atoms in total. The molecule has 0 aromatic heterocycles. The van der Waals surface area contributed by atoms with Crippen molar-refractivity contribution in [1.82, 2.24) is 0 Å². The number of carbonyl (C=O) groups excluding carboxylic acids is 1. The molecule has 0 spiro atoms. The molecule has 2 aromatic carbocycles. The molecule has 0 amide bonds. The van der Waals surface area contributed by atoms with Crippen molar-refractivity contribution in [3.05, 3.63) is 46.7 Å². The molecule has 0 saturated carbocycles. The molecule has 2 aliphatic rings. The molecule has 1 saturated heterocycles. The van der Waals surface area contributed by atoms with Gasteiger partial charge < -0.3 is 29.0 Å². The molecular formula is C24H27NO6. The van der Waals surface area contributed by atoms with Crippen LogP contribution in [0.1, 0.15) is 40.7 Å². The average molecular weight is 425 g/mol. The van der Waals surface area contributed by atoms with Crippen LogP contribution in [0.15, 0.2) is 30.0 Å². The van der Waals surface area contributed by atoms with Crippen LogP contribution in [0.4, 0.5) is 0 Å². The molecule has 1 N–H and O–H groups in total.